The average Bonchev–Trinajstić information content (AvgIpc) is 3.40. The highest BCUT2D eigenvalue weighted by atomic mass is 32.1. The highest BCUT2D eigenvalue weighted by Crippen LogP contribution is 2.23. The predicted molar refractivity (Wildman–Crippen MR) is 93.1 cm³/mol. The number of hydrogen-bond donors (Lipinski definition) is 0. The van der Waals surface area contributed by atoms with Crippen LogP contribution in [0.4, 0.5) is 4.39 Å². The van der Waals surface area contributed by atoms with E-state index in [2.05, 4.69) is 20.2 Å². The Hall–Kier alpha value is -3.40. The maximum atomic E-state index is 13.0. The molecule has 0 saturated carbocycles. The largest absolute Gasteiger partial charge is 0.453 e. The van der Waals surface area contributed by atoms with Crippen molar-refractivity contribution >= 4 is 17.3 Å². The van der Waals surface area contributed by atoms with Gasteiger partial charge in [-0.15, -0.1) is 11.3 Å². The predicted octanol–water partition coefficient (Wildman–Crippen LogP) is 3.09. The van der Waals surface area contributed by atoms with E-state index >= 15 is 0 Å². The first-order valence-corrected chi connectivity index (χ1v) is 8.66. The second-order valence-corrected chi connectivity index (χ2v) is 6.40. The summed E-state index contributed by atoms with van der Waals surface area (Å²) in [7, 11) is 1.80. The Kier molecular flexibility index (Phi) is 4.47. The fourth-order valence-corrected chi connectivity index (χ4v) is 3.02. The number of hydrogen-bond acceptors (Lipinski definition) is 8. The molecule has 4 aromatic rings. The molecule has 0 amide bonds. The van der Waals surface area contributed by atoms with E-state index < -0.39 is 5.97 Å². The van der Waals surface area contributed by atoms with Gasteiger partial charge in [-0.2, -0.15) is 10.1 Å². The van der Waals surface area contributed by atoms with Gasteiger partial charge < -0.3 is 9.26 Å². The lowest BCUT2D eigenvalue weighted by Gasteiger charge is -1.98. The summed E-state index contributed by atoms with van der Waals surface area (Å²) < 4.78 is 24.9. The van der Waals surface area contributed by atoms with Crippen molar-refractivity contribution in [1.82, 2.24) is 24.9 Å². The van der Waals surface area contributed by atoms with Gasteiger partial charge in [-0.05, 0) is 24.3 Å². The van der Waals surface area contributed by atoms with Gasteiger partial charge in [0.25, 0.3) is 5.89 Å². The van der Waals surface area contributed by atoms with Crippen LogP contribution in [0.15, 0.2) is 46.6 Å². The molecule has 0 spiro atoms. The third kappa shape index (κ3) is 3.75. The van der Waals surface area contributed by atoms with Gasteiger partial charge in [-0.3, -0.25) is 4.68 Å². The highest BCUT2D eigenvalue weighted by molar-refractivity contribution is 7.13. The lowest BCUT2D eigenvalue weighted by molar-refractivity contribution is 0.0454. The number of carbonyl (C=O) groups is 1. The number of benzene rings is 1. The van der Waals surface area contributed by atoms with E-state index in [1.54, 1.807) is 23.3 Å². The maximum Gasteiger partial charge on any atom is 0.358 e. The monoisotopic (exact) mass is 385 g/mol. The fourth-order valence-electron chi connectivity index (χ4n) is 2.26. The Morgan fingerprint density at radius 3 is 2.81 bits per heavy atom. The van der Waals surface area contributed by atoms with E-state index in [1.165, 1.54) is 35.6 Å². The third-order valence-electron chi connectivity index (χ3n) is 3.56. The summed E-state index contributed by atoms with van der Waals surface area (Å²) >= 11 is 1.32. The summed E-state index contributed by atoms with van der Waals surface area (Å²) in [5.74, 6) is -0.533. The minimum atomic E-state index is -0.588. The smallest absolute Gasteiger partial charge is 0.358 e. The average molecular weight is 385 g/mol. The molecular formula is C17H12FN5O3S. The van der Waals surface area contributed by atoms with Gasteiger partial charge in [0.2, 0.25) is 5.82 Å². The van der Waals surface area contributed by atoms with Gasteiger partial charge >= 0.3 is 5.97 Å². The number of aromatic nitrogens is 5. The first kappa shape index (κ1) is 17.0. The molecule has 136 valence electrons. The maximum absolute atomic E-state index is 13.0. The molecule has 3 aromatic heterocycles. The fraction of sp³-hybridized carbons (Fsp3) is 0.118. The number of halogens is 1. The zero-order chi connectivity index (χ0) is 18.8. The highest BCUT2D eigenvalue weighted by Gasteiger charge is 2.16. The number of thiazole rings is 1. The van der Waals surface area contributed by atoms with Crippen LogP contribution in [0.3, 0.4) is 0 Å². The summed E-state index contributed by atoms with van der Waals surface area (Å²) in [6, 6.07) is 5.63. The van der Waals surface area contributed by atoms with Crippen LogP contribution in [0.5, 0.6) is 0 Å². The number of esters is 1. The SMILES string of the molecule is Cn1cc(-c2nc(C(=O)OCc3noc(-c4ccc(F)cc4)n3)cs2)cn1. The van der Waals surface area contributed by atoms with Crippen LogP contribution in [-0.2, 0) is 18.4 Å². The molecule has 0 aliphatic carbocycles. The molecule has 10 heteroatoms. The van der Waals surface area contributed by atoms with Gasteiger partial charge in [0.15, 0.2) is 12.3 Å². The lowest BCUT2D eigenvalue weighted by Crippen LogP contribution is -2.06. The molecular weight excluding hydrogens is 373 g/mol. The van der Waals surface area contributed by atoms with Crippen LogP contribution in [0.1, 0.15) is 16.3 Å². The molecule has 4 rings (SSSR count). The second-order valence-electron chi connectivity index (χ2n) is 5.54. The molecule has 0 radical (unpaired) electrons. The molecule has 27 heavy (non-hydrogen) atoms. The molecule has 8 nitrogen and oxygen atoms in total. The van der Waals surface area contributed by atoms with Gasteiger partial charge in [-0.25, -0.2) is 14.2 Å². The molecule has 0 N–H and O–H groups in total. The van der Waals surface area contributed by atoms with Gasteiger partial charge in [-0.1, -0.05) is 5.16 Å². The van der Waals surface area contributed by atoms with Crippen LogP contribution in [0.2, 0.25) is 0 Å². The van der Waals surface area contributed by atoms with Crippen molar-refractivity contribution in [3.05, 3.63) is 59.4 Å². The molecule has 0 fully saturated rings. The minimum absolute atomic E-state index is 0.163. The Balaban J connectivity index is 1.40. The zero-order valence-corrected chi connectivity index (χ0v) is 14.8. The molecule has 3 heterocycles. The minimum Gasteiger partial charge on any atom is -0.453 e. The molecule has 0 unspecified atom stereocenters. The van der Waals surface area contributed by atoms with E-state index in [-0.39, 0.29) is 29.8 Å². The number of ether oxygens (including phenoxy) is 1. The molecule has 0 saturated heterocycles. The van der Waals surface area contributed by atoms with Crippen molar-refractivity contribution in [2.75, 3.05) is 0 Å². The van der Waals surface area contributed by atoms with Crippen molar-refractivity contribution in [2.24, 2.45) is 7.05 Å². The summed E-state index contributed by atoms with van der Waals surface area (Å²) in [5, 5.41) is 10.1. The molecule has 0 aliphatic heterocycles. The van der Waals surface area contributed by atoms with E-state index in [0.29, 0.717) is 10.6 Å². The molecule has 0 aliphatic rings. The lowest BCUT2D eigenvalue weighted by atomic mass is 10.2. The van der Waals surface area contributed by atoms with Crippen LogP contribution < -0.4 is 0 Å². The van der Waals surface area contributed by atoms with Gasteiger partial charge in [0, 0.05) is 29.8 Å². The topological polar surface area (TPSA) is 95.9 Å². The summed E-state index contributed by atoms with van der Waals surface area (Å²) in [4.78, 5) is 20.5. The van der Waals surface area contributed by atoms with E-state index in [9.17, 15) is 9.18 Å². The zero-order valence-electron chi connectivity index (χ0n) is 14.0. The first-order chi connectivity index (χ1) is 13.1. The van der Waals surface area contributed by atoms with Crippen molar-refractivity contribution in [1.29, 1.82) is 0 Å². The normalized spacial score (nSPS) is 10.9. The Labute approximate surface area is 156 Å². The van der Waals surface area contributed by atoms with Crippen LogP contribution >= 0.6 is 11.3 Å². The van der Waals surface area contributed by atoms with Crippen molar-refractivity contribution in [3.8, 4) is 22.0 Å². The summed E-state index contributed by atoms with van der Waals surface area (Å²) in [6.07, 6.45) is 3.48. The Morgan fingerprint density at radius 2 is 2.07 bits per heavy atom. The van der Waals surface area contributed by atoms with Crippen molar-refractivity contribution in [3.63, 3.8) is 0 Å². The quantitative estimate of drug-likeness (QED) is 0.487. The van der Waals surface area contributed by atoms with Crippen molar-refractivity contribution < 1.29 is 18.4 Å². The number of nitrogens with zero attached hydrogens (tertiary/aromatic N) is 5. The van der Waals surface area contributed by atoms with E-state index in [4.69, 9.17) is 9.26 Å². The molecule has 0 bridgehead atoms. The van der Waals surface area contributed by atoms with Crippen LogP contribution in [0.25, 0.3) is 22.0 Å². The van der Waals surface area contributed by atoms with Gasteiger partial charge in [0.05, 0.1) is 6.20 Å². The number of rotatable bonds is 5. The number of aryl methyl sites for hydroxylation is 1. The first-order valence-electron chi connectivity index (χ1n) is 7.79. The van der Waals surface area contributed by atoms with E-state index in [0.717, 1.165) is 5.56 Å². The van der Waals surface area contributed by atoms with Crippen molar-refractivity contribution in [2.45, 2.75) is 6.61 Å². The van der Waals surface area contributed by atoms with Crippen LogP contribution in [-0.4, -0.2) is 30.9 Å². The second kappa shape index (κ2) is 7.08. The third-order valence-corrected chi connectivity index (χ3v) is 4.45. The van der Waals surface area contributed by atoms with E-state index in [1.807, 2.05) is 6.20 Å². The summed E-state index contributed by atoms with van der Waals surface area (Å²) in [6.45, 7) is -0.163. The van der Waals surface area contributed by atoms with Crippen LogP contribution in [0, 0.1) is 5.82 Å². The standard InChI is InChI=1S/C17H12FN5O3S/c1-23-7-11(6-19-23)16-20-13(9-27-16)17(24)25-8-14-21-15(26-22-14)10-2-4-12(18)5-3-10/h2-7,9H,8H2,1H3. The molecule has 0 atom stereocenters. The Bertz CT molecular complexity index is 1090. The van der Waals surface area contributed by atoms with Gasteiger partial charge in [0.1, 0.15) is 10.8 Å². The Morgan fingerprint density at radius 1 is 1.26 bits per heavy atom. The number of carbonyl (C=O) groups excluding carboxylic acids is 1. The summed E-state index contributed by atoms with van der Waals surface area (Å²) in [5.41, 5.74) is 1.59. The molecule has 1 aromatic carbocycles.